The van der Waals surface area contributed by atoms with Crippen molar-refractivity contribution in [2.45, 2.75) is 70.4 Å². The monoisotopic (exact) mass is 615 g/mol. The van der Waals surface area contributed by atoms with Crippen LogP contribution in [0, 0.1) is 23.3 Å². The summed E-state index contributed by atoms with van der Waals surface area (Å²) < 4.78 is 102. The fourth-order valence-corrected chi connectivity index (χ4v) is 4.80. The molecule has 2 aromatic carbocycles. The number of alkyl halides is 3. The average molecular weight is 616 g/mol. The highest BCUT2D eigenvalue weighted by molar-refractivity contribution is 5.78. The standard InChI is InChI=1S/C28H28F7N5O3/c1-27(2,3)43-26(42)36-18(11-16-12-20(31)21(32)14-19(16)30)13-23(41)39-8-9-40-24(37-38-25(40)28(33,34)35)22(39)10-15-4-6-17(29)7-5-15/h4-7,12,14,18,22H,8-11,13H2,1-3H3,(H,36,42)/t18-,22-/m1/s1. The number of carbonyl (C=O) groups excluding carboxylic acids is 2. The molecular formula is C28H28F7N5O3. The molecule has 0 radical (unpaired) electrons. The predicted octanol–water partition coefficient (Wildman–Crippen LogP) is 5.51. The summed E-state index contributed by atoms with van der Waals surface area (Å²) in [6.07, 6.45) is -6.79. The van der Waals surface area contributed by atoms with Crippen LogP contribution in [0.2, 0.25) is 0 Å². The molecule has 4 rings (SSSR count). The van der Waals surface area contributed by atoms with E-state index >= 15 is 0 Å². The van der Waals surface area contributed by atoms with Crippen molar-refractivity contribution in [2.24, 2.45) is 0 Å². The molecule has 2 heterocycles. The van der Waals surface area contributed by atoms with Gasteiger partial charge in [-0.05, 0) is 56.5 Å². The fraction of sp³-hybridized carbons (Fsp3) is 0.429. The molecule has 1 aliphatic rings. The lowest BCUT2D eigenvalue weighted by Crippen LogP contribution is -2.48. The number of amides is 2. The van der Waals surface area contributed by atoms with Gasteiger partial charge in [-0.1, -0.05) is 12.1 Å². The van der Waals surface area contributed by atoms with Crippen LogP contribution in [0.25, 0.3) is 0 Å². The molecule has 43 heavy (non-hydrogen) atoms. The Labute approximate surface area is 241 Å². The number of fused-ring (bicyclic) bond motifs is 1. The second-order valence-corrected chi connectivity index (χ2v) is 11.1. The van der Waals surface area contributed by atoms with Crippen molar-refractivity contribution >= 4 is 12.0 Å². The Bertz CT molecular complexity index is 1490. The Morgan fingerprint density at radius 2 is 1.63 bits per heavy atom. The van der Waals surface area contributed by atoms with Crippen LogP contribution in [0.1, 0.15) is 56.0 Å². The summed E-state index contributed by atoms with van der Waals surface area (Å²) >= 11 is 0. The number of alkyl carbamates (subject to hydrolysis) is 1. The van der Waals surface area contributed by atoms with Crippen LogP contribution < -0.4 is 5.32 Å². The molecule has 0 aliphatic carbocycles. The van der Waals surface area contributed by atoms with Gasteiger partial charge in [0, 0.05) is 38.0 Å². The molecule has 0 bridgehead atoms. The largest absolute Gasteiger partial charge is 0.451 e. The number of nitrogens with zero attached hydrogens (tertiary/aromatic N) is 4. The molecule has 2 amide bonds. The second kappa shape index (κ2) is 12.2. The maximum atomic E-state index is 14.5. The van der Waals surface area contributed by atoms with Gasteiger partial charge in [0.1, 0.15) is 17.2 Å². The molecule has 0 spiro atoms. The van der Waals surface area contributed by atoms with Crippen molar-refractivity contribution in [3.8, 4) is 0 Å². The summed E-state index contributed by atoms with van der Waals surface area (Å²) in [5.41, 5.74) is -0.787. The first-order chi connectivity index (χ1) is 20.0. The van der Waals surface area contributed by atoms with E-state index in [9.17, 15) is 40.3 Å². The zero-order chi connectivity index (χ0) is 31.7. The van der Waals surface area contributed by atoms with E-state index in [1.165, 1.54) is 17.0 Å². The van der Waals surface area contributed by atoms with Crippen LogP contribution >= 0.6 is 0 Å². The number of benzene rings is 2. The summed E-state index contributed by atoms with van der Waals surface area (Å²) in [4.78, 5) is 27.5. The van der Waals surface area contributed by atoms with Crippen molar-refractivity contribution in [3.05, 3.63) is 82.4 Å². The molecule has 0 saturated heterocycles. The average Bonchev–Trinajstić information content (AvgIpc) is 3.33. The third-order valence-corrected chi connectivity index (χ3v) is 6.63. The lowest BCUT2D eigenvalue weighted by Gasteiger charge is -2.37. The quantitative estimate of drug-likeness (QED) is 0.280. The van der Waals surface area contributed by atoms with Gasteiger partial charge in [0.25, 0.3) is 0 Å². The van der Waals surface area contributed by atoms with Crippen molar-refractivity contribution in [1.82, 2.24) is 25.0 Å². The molecule has 1 aliphatic heterocycles. The molecular weight excluding hydrogens is 587 g/mol. The molecule has 232 valence electrons. The van der Waals surface area contributed by atoms with Crippen LogP contribution in [0.4, 0.5) is 35.5 Å². The molecule has 0 saturated carbocycles. The number of nitrogens with one attached hydrogen (secondary N) is 1. The molecule has 1 N–H and O–H groups in total. The SMILES string of the molecule is CC(C)(C)OC(=O)N[C@@H](CC(=O)N1CCn2c(nnc2C(F)(F)F)[C@H]1Cc1ccc(F)cc1)Cc1cc(F)c(F)cc1F. The van der Waals surface area contributed by atoms with Crippen LogP contribution in [-0.2, 0) is 35.1 Å². The Morgan fingerprint density at radius 1 is 0.977 bits per heavy atom. The van der Waals surface area contributed by atoms with Crippen LogP contribution in [0.3, 0.4) is 0 Å². The summed E-state index contributed by atoms with van der Waals surface area (Å²) in [6, 6.07) is 3.83. The number of hydrogen-bond acceptors (Lipinski definition) is 5. The summed E-state index contributed by atoms with van der Waals surface area (Å²) in [7, 11) is 0. The number of carbonyl (C=O) groups is 2. The van der Waals surface area contributed by atoms with E-state index in [4.69, 9.17) is 4.74 Å². The molecule has 3 aromatic rings. The first-order valence-electron chi connectivity index (χ1n) is 13.2. The van der Waals surface area contributed by atoms with Gasteiger partial charge in [0.15, 0.2) is 17.5 Å². The predicted molar refractivity (Wildman–Crippen MR) is 137 cm³/mol. The van der Waals surface area contributed by atoms with Gasteiger partial charge in [-0.25, -0.2) is 22.4 Å². The molecule has 0 unspecified atom stereocenters. The summed E-state index contributed by atoms with van der Waals surface area (Å²) in [5.74, 6) is -6.47. The highest BCUT2D eigenvalue weighted by Gasteiger charge is 2.43. The number of ether oxygens (including phenoxy) is 1. The van der Waals surface area contributed by atoms with Gasteiger partial charge in [-0.2, -0.15) is 13.2 Å². The molecule has 1 aromatic heterocycles. The maximum Gasteiger partial charge on any atom is 0.451 e. The minimum absolute atomic E-state index is 0.0516. The minimum Gasteiger partial charge on any atom is -0.444 e. The van der Waals surface area contributed by atoms with E-state index in [1.807, 2.05) is 0 Å². The highest BCUT2D eigenvalue weighted by Crippen LogP contribution is 2.35. The van der Waals surface area contributed by atoms with Crippen molar-refractivity contribution in [1.29, 1.82) is 0 Å². The Morgan fingerprint density at radius 3 is 2.26 bits per heavy atom. The third kappa shape index (κ3) is 7.82. The molecule has 0 fully saturated rings. The van der Waals surface area contributed by atoms with Crippen molar-refractivity contribution in [2.75, 3.05) is 6.54 Å². The number of rotatable bonds is 7. The Hall–Kier alpha value is -4.17. The topological polar surface area (TPSA) is 89.4 Å². The number of aromatic nitrogens is 3. The first-order valence-corrected chi connectivity index (χ1v) is 13.2. The smallest absolute Gasteiger partial charge is 0.444 e. The molecule has 2 atom stereocenters. The van der Waals surface area contributed by atoms with Crippen LogP contribution in [-0.4, -0.2) is 49.9 Å². The van der Waals surface area contributed by atoms with Gasteiger partial charge in [0.2, 0.25) is 11.7 Å². The van der Waals surface area contributed by atoms with Gasteiger partial charge >= 0.3 is 12.3 Å². The van der Waals surface area contributed by atoms with Gasteiger partial charge < -0.3 is 19.5 Å². The lowest BCUT2D eigenvalue weighted by atomic mass is 9.99. The Kier molecular flexibility index (Phi) is 9.02. The van der Waals surface area contributed by atoms with E-state index in [-0.39, 0.29) is 30.9 Å². The van der Waals surface area contributed by atoms with Crippen molar-refractivity contribution in [3.63, 3.8) is 0 Å². The lowest BCUT2D eigenvalue weighted by molar-refractivity contribution is -0.148. The molecule has 8 nitrogen and oxygen atoms in total. The van der Waals surface area contributed by atoms with E-state index in [0.29, 0.717) is 17.7 Å². The van der Waals surface area contributed by atoms with Crippen LogP contribution in [0.15, 0.2) is 36.4 Å². The van der Waals surface area contributed by atoms with Crippen LogP contribution in [0.5, 0.6) is 0 Å². The summed E-state index contributed by atoms with van der Waals surface area (Å²) in [5, 5.41) is 9.47. The van der Waals surface area contributed by atoms with E-state index in [0.717, 1.165) is 16.7 Å². The van der Waals surface area contributed by atoms with Crippen molar-refractivity contribution < 1.29 is 45.1 Å². The highest BCUT2D eigenvalue weighted by atomic mass is 19.4. The summed E-state index contributed by atoms with van der Waals surface area (Å²) in [6.45, 7) is 4.24. The zero-order valence-electron chi connectivity index (χ0n) is 23.3. The maximum absolute atomic E-state index is 14.5. The van der Waals surface area contributed by atoms with E-state index < -0.39 is 77.8 Å². The van der Waals surface area contributed by atoms with E-state index in [1.54, 1.807) is 20.8 Å². The molecule has 15 heteroatoms. The van der Waals surface area contributed by atoms with Gasteiger partial charge in [-0.15, -0.1) is 10.2 Å². The van der Waals surface area contributed by atoms with Gasteiger partial charge in [-0.3, -0.25) is 4.79 Å². The number of halogens is 7. The first kappa shape index (κ1) is 31.8. The normalized spacial score (nSPS) is 16.0. The zero-order valence-corrected chi connectivity index (χ0v) is 23.3. The number of hydrogen-bond donors (Lipinski definition) is 1. The fourth-order valence-electron chi connectivity index (χ4n) is 4.80. The minimum atomic E-state index is -4.81. The van der Waals surface area contributed by atoms with E-state index in [2.05, 4.69) is 15.5 Å². The second-order valence-electron chi connectivity index (χ2n) is 11.1. The van der Waals surface area contributed by atoms with Gasteiger partial charge in [0.05, 0.1) is 6.04 Å². The third-order valence-electron chi connectivity index (χ3n) is 6.63. The Balaban J connectivity index is 1.65.